The van der Waals surface area contributed by atoms with Gasteiger partial charge < -0.3 is 5.11 Å². The monoisotopic (exact) mass is 221 g/mol. The van der Waals surface area contributed by atoms with Gasteiger partial charge in [0, 0.05) is 12.5 Å². The highest BCUT2D eigenvalue weighted by atomic mass is 16.4. The van der Waals surface area contributed by atoms with Gasteiger partial charge in [-0.15, -0.1) is 0 Å². The van der Waals surface area contributed by atoms with Crippen LogP contribution in [0.4, 0.5) is 0 Å². The van der Waals surface area contributed by atoms with Crippen LogP contribution in [0.15, 0.2) is 0 Å². The molecule has 5 heteroatoms. The van der Waals surface area contributed by atoms with Crippen molar-refractivity contribution in [1.29, 1.82) is 0 Å². The van der Waals surface area contributed by atoms with Gasteiger partial charge >= 0.3 is 5.97 Å². The Bertz CT molecular complexity index is 423. The fraction of sp³-hybridized carbons (Fsp3) is 0.727. The molecule has 0 bridgehead atoms. The lowest BCUT2D eigenvalue weighted by atomic mass is 9.85. The van der Waals surface area contributed by atoms with Crippen molar-refractivity contribution in [3.05, 3.63) is 11.6 Å². The number of fused-ring (bicyclic) bond motifs is 1. The summed E-state index contributed by atoms with van der Waals surface area (Å²) in [7, 11) is 0. The number of carbonyl (C=O) groups is 1. The molecule has 0 radical (unpaired) electrons. The van der Waals surface area contributed by atoms with Crippen LogP contribution >= 0.6 is 0 Å². The second kappa shape index (κ2) is 3.57. The highest BCUT2D eigenvalue weighted by Gasteiger charge is 2.32. The third-order valence-electron chi connectivity index (χ3n) is 3.66. The van der Waals surface area contributed by atoms with E-state index in [1.54, 1.807) is 4.68 Å². The molecule has 3 rings (SSSR count). The zero-order chi connectivity index (χ0) is 11.1. The minimum atomic E-state index is -0.770. The third kappa shape index (κ3) is 1.42. The summed E-state index contributed by atoms with van der Waals surface area (Å²) >= 11 is 0. The first kappa shape index (κ1) is 9.81. The maximum absolute atomic E-state index is 11.1. The molecule has 1 N–H and O–H groups in total. The average molecular weight is 221 g/mol. The lowest BCUT2D eigenvalue weighted by Gasteiger charge is -2.21. The van der Waals surface area contributed by atoms with Crippen LogP contribution in [0.25, 0.3) is 0 Å². The highest BCUT2D eigenvalue weighted by Crippen LogP contribution is 2.36. The number of rotatable bonds is 2. The Kier molecular flexibility index (Phi) is 2.19. The SMILES string of the molecule is O=C(O)C1CCCn2nc(C3CCC3)nc21. The van der Waals surface area contributed by atoms with Gasteiger partial charge in [0.1, 0.15) is 11.7 Å². The van der Waals surface area contributed by atoms with Gasteiger partial charge in [0.2, 0.25) is 0 Å². The van der Waals surface area contributed by atoms with Crippen molar-refractivity contribution in [3.8, 4) is 0 Å². The number of aryl methyl sites for hydroxylation is 1. The summed E-state index contributed by atoms with van der Waals surface area (Å²) in [5, 5.41) is 13.6. The second-order valence-corrected chi connectivity index (χ2v) is 4.71. The van der Waals surface area contributed by atoms with Crippen LogP contribution < -0.4 is 0 Å². The van der Waals surface area contributed by atoms with Crippen LogP contribution in [-0.2, 0) is 11.3 Å². The van der Waals surface area contributed by atoms with Crippen LogP contribution in [-0.4, -0.2) is 25.8 Å². The number of nitrogens with zero attached hydrogens (tertiary/aromatic N) is 3. The smallest absolute Gasteiger partial charge is 0.314 e. The Morgan fingerprint density at radius 3 is 2.75 bits per heavy atom. The maximum atomic E-state index is 11.1. The van der Waals surface area contributed by atoms with Crippen molar-refractivity contribution in [3.63, 3.8) is 0 Å². The molecule has 0 spiro atoms. The number of hydrogen-bond donors (Lipinski definition) is 1. The van der Waals surface area contributed by atoms with Gasteiger partial charge in [-0.25, -0.2) is 9.67 Å². The van der Waals surface area contributed by atoms with E-state index in [1.807, 2.05) is 0 Å². The molecule has 0 saturated heterocycles. The van der Waals surface area contributed by atoms with Crippen LogP contribution in [0.3, 0.4) is 0 Å². The van der Waals surface area contributed by atoms with Gasteiger partial charge in [-0.2, -0.15) is 5.10 Å². The first-order valence-electron chi connectivity index (χ1n) is 5.93. The molecule has 16 heavy (non-hydrogen) atoms. The van der Waals surface area contributed by atoms with E-state index in [-0.39, 0.29) is 0 Å². The van der Waals surface area contributed by atoms with E-state index >= 15 is 0 Å². The molecule has 0 amide bonds. The van der Waals surface area contributed by atoms with Crippen LogP contribution in [0.1, 0.15) is 55.6 Å². The fourth-order valence-corrected chi connectivity index (χ4v) is 2.44. The number of carboxylic acid groups (broad SMARTS) is 1. The minimum Gasteiger partial charge on any atom is -0.481 e. The molecular formula is C11H15N3O2. The van der Waals surface area contributed by atoms with Gasteiger partial charge in [0.15, 0.2) is 5.82 Å². The Morgan fingerprint density at radius 1 is 1.31 bits per heavy atom. The van der Waals surface area contributed by atoms with Crippen LogP contribution in [0, 0.1) is 0 Å². The summed E-state index contributed by atoms with van der Waals surface area (Å²) < 4.78 is 1.80. The summed E-state index contributed by atoms with van der Waals surface area (Å²) in [5.41, 5.74) is 0. The number of hydrogen-bond acceptors (Lipinski definition) is 3. The van der Waals surface area contributed by atoms with Crippen molar-refractivity contribution >= 4 is 5.97 Å². The van der Waals surface area contributed by atoms with E-state index in [0.717, 1.165) is 31.6 Å². The number of aromatic nitrogens is 3. The van der Waals surface area contributed by atoms with Gasteiger partial charge in [-0.3, -0.25) is 4.79 Å². The predicted molar refractivity (Wildman–Crippen MR) is 56.2 cm³/mol. The van der Waals surface area contributed by atoms with E-state index in [1.165, 1.54) is 6.42 Å². The number of aliphatic carboxylic acids is 1. The summed E-state index contributed by atoms with van der Waals surface area (Å²) in [6.07, 6.45) is 5.13. The Morgan fingerprint density at radius 2 is 2.12 bits per heavy atom. The lowest BCUT2D eigenvalue weighted by Crippen LogP contribution is -2.22. The average Bonchev–Trinajstić information content (AvgIpc) is 2.56. The molecule has 1 aromatic heterocycles. The quantitative estimate of drug-likeness (QED) is 0.821. The zero-order valence-corrected chi connectivity index (χ0v) is 9.09. The Hall–Kier alpha value is -1.39. The zero-order valence-electron chi connectivity index (χ0n) is 9.09. The molecular weight excluding hydrogens is 206 g/mol. The molecule has 1 fully saturated rings. The summed E-state index contributed by atoms with van der Waals surface area (Å²) in [6.45, 7) is 0.818. The predicted octanol–water partition coefficient (Wildman–Crippen LogP) is 1.51. The van der Waals surface area contributed by atoms with Crippen molar-refractivity contribution in [1.82, 2.24) is 14.8 Å². The van der Waals surface area contributed by atoms with Crippen molar-refractivity contribution in [2.24, 2.45) is 0 Å². The van der Waals surface area contributed by atoms with E-state index < -0.39 is 11.9 Å². The van der Waals surface area contributed by atoms with Crippen LogP contribution in [0.2, 0.25) is 0 Å². The molecule has 1 aromatic rings. The summed E-state index contributed by atoms with van der Waals surface area (Å²) in [4.78, 5) is 15.5. The summed E-state index contributed by atoms with van der Waals surface area (Å²) in [5.74, 6) is 0.797. The van der Waals surface area contributed by atoms with Gasteiger partial charge in [0.05, 0.1) is 0 Å². The van der Waals surface area contributed by atoms with E-state index in [0.29, 0.717) is 18.2 Å². The topological polar surface area (TPSA) is 68.0 Å². The third-order valence-corrected chi connectivity index (χ3v) is 3.66. The van der Waals surface area contributed by atoms with E-state index in [4.69, 9.17) is 5.11 Å². The molecule has 0 aromatic carbocycles. The Labute approximate surface area is 93.5 Å². The van der Waals surface area contributed by atoms with Gasteiger partial charge in [0.25, 0.3) is 0 Å². The lowest BCUT2D eigenvalue weighted by molar-refractivity contribution is -0.139. The van der Waals surface area contributed by atoms with E-state index in [9.17, 15) is 4.79 Å². The van der Waals surface area contributed by atoms with Crippen molar-refractivity contribution < 1.29 is 9.90 Å². The first-order valence-corrected chi connectivity index (χ1v) is 5.93. The fourth-order valence-electron chi connectivity index (χ4n) is 2.44. The van der Waals surface area contributed by atoms with Gasteiger partial charge in [-0.1, -0.05) is 6.42 Å². The van der Waals surface area contributed by atoms with E-state index in [2.05, 4.69) is 10.1 Å². The Balaban J connectivity index is 1.94. The molecule has 2 heterocycles. The molecule has 1 aliphatic heterocycles. The molecule has 1 aliphatic carbocycles. The normalized spacial score (nSPS) is 24.9. The molecule has 5 nitrogen and oxygen atoms in total. The second-order valence-electron chi connectivity index (χ2n) is 4.71. The highest BCUT2D eigenvalue weighted by molar-refractivity contribution is 5.75. The molecule has 1 atom stereocenters. The number of carboxylic acids is 1. The first-order chi connectivity index (χ1) is 7.75. The maximum Gasteiger partial charge on any atom is 0.314 e. The largest absolute Gasteiger partial charge is 0.481 e. The van der Waals surface area contributed by atoms with Gasteiger partial charge in [-0.05, 0) is 25.7 Å². The summed E-state index contributed by atoms with van der Waals surface area (Å²) in [6, 6.07) is 0. The molecule has 1 saturated carbocycles. The van der Waals surface area contributed by atoms with Crippen molar-refractivity contribution in [2.45, 2.75) is 50.5 Å². The molecule has 86 valence electrons. The van der Waals surface area contributed by atoms with Crippen LogP contribution in [0.5, 0.6) is 0 Å². The van der Waals surface area contributed by atoms with Crippen molar-refractivity contribution in [2.75, 3.05) is 0 Å². The molecule has 2 aliphatic rings. The standard InChI is InChI=1S/C11H15N3O2/c15-11(16)8-5-2-6-14-10(8)12-9(13-14)7-3-1-4-7/h7-8H,1-6H2,(H,15,16). The minimum absolute atomic E-state index is 0.449. The molecule has 1 unspecified atom stereocenters.